The Morgan fingerprint density at radius 3 is 2.67 bits per heavy atom. The summed E-state index contributed by atoms with van der Waals surface area (Å²) in [5.41, 5.74) is 0.205. The molecule has 0 saturated carbocycles. The van der Waals surface area contributed by atoms with Gasteiger partial charge in [0.1, 0.15) is 0 Å². The standard InChI is InChI=1S/C15H30N2O/c1-11-6-7-16-9-13(11)10-17-14(18)8-12(2)15(3,4)5/h11-13,16H,6-10H2,1-5H3,(H,17,18). The van der Waals surface area contributed by atoms with Crippen LogP contribution in [0.3, 0.4) is 0 Å². The molecule has 1 saturated heterocycles. The monoisotopic (exact) mass is 254 g/mol. The molecular weight excluding hydrogens is 224 g/mol. The van der Waals surface area contributed by atoms with Crippen molar-refractivity contribution in [3.8, 4) is 0 Å². The van der Waals surface area contributed by atoms with Crippen LogP contribution >= 0.6 is 0 Å². The van der Waals surface area contributed by atoms with Gasteiger partial charge in [0, 0.05) is 13.0 Å². The van der Waals surface area contributed by atoms with Crippen LogP contribution in [0.5, 0.6) is 0 Å². The van der Waals surface area contributed by atoms with Gasteiger partial charge in [0.25, 0.3) is 0 Å². The normalized spacial score (nSPS) is 26.7. The predicted octanol–water partition coefficient (Wildman–Crippen LogP) is 2.42. The highest BCUT2D eigenvalue weighted by Gasteiger charge is 2.24. The Hall–Kier alpha value is -0.570. The van der Waals surface area contributed by atoms with E-state index in [-0.39, 0.29) is 11.3 Å². The molecule has 18 heavy (non-hydrogen) atoms. The molecule has 3 heteroatoms. The number of carbonyl (C=O) groups is 1. The zero-order valence-electron chi connectivity index (χ0n) is 12.7. The van der Waals surface area contributed by atoms with E-state index in [1.165, 1.54) is 6.42 Å². The molecule has 0 bridgehead atoms. The van der Waals surface area contributed by atoms with Crippen molar-refractivity contribution in [1.29, 1.82) is 0 Å². The minimum atomic E-state index is 0.204. The fourth-order valence-corrected chi connectivity index (χ4v) is 2.23. The minimum absolute atomic E-state index is 0.204. The average Bonchev–Trinajstić information content (AvgIpc) is 2.26. The third-order valence-electron chi connectivity index (χ3n) is 4.52. The smallest absolute Gasteiger partial charge is 0.220 e. The molecular formula is C15H30N2O. The molecule has 0 aliphatic carbocycles. The lowest BCUT2D eigenvalue weighted by molar-refractivity contribution is -0.123. The van der Waals surface area contributed by atoms with Gasteiger partial charge >= 0.3 is 0 Å². The van der Waals surface area contributed by atoms with Crippen molar-refractivity contribution in [1.82, 2.24) is 10.6 Å². The average molecular weight is 254 g/mol. The van der Waals surface area contributed by atoms with E-state index in [0.717, 1.165) is 19.6 Å². The van der Waals surface area contributed by atoms with Crippen LogP contribution in [-0.4, -0.2) is 25.5 Å². The summed E-state index contributed by atoms with van der Waals surface area (Å²) < 4.78 is 0. The van der Waals surface area contributed by atoms with Crippen LogP contribution in [0.2, 0.25) is 0 Å². The minimum Gasteiger partial charge on any atom is -0.356 e. The van der Waals surface area contributed by atoms with Crippen molar-refractivity contribution in [3.63, 3.8) is 0 Å². The molecule has 1 aliphatic heterocycles. The second kappa shape index (κ2) is 6.55. The summed E-state index contributed by atoms with van der Waals surface area (Å²) in [6.45, 7) is 14.0. The van der Waals surface area contributed by atoms with Gasteiger partial charge < -0.3 is 10.6 Å². The van der Waals surface area contributed by atoms with Crippen LogP contribution < -0.4 is 10.6 Å². The van der Waals surface area contributed by atoms with Crippen molar-refractivity contribution in [2.75, 3.05) is 19.6 Å². The second-order valence-electron chi connectivity index (χ2n) is 7.01. The van der Waals surface area contributed by atoms with E-state index >= 15 is 0 Å². The molecule has 2 N–H and O–H groups in total. The first-order chi connectivity index (χ1) is 8.30. The van der Waals surface area contributed by atoms with Gasteiger partial charge in [0.2, 0.25) is 5.91 Å². The van der Waals surface area contributed by atoms with Gasteiger partial charge in [0.05, 0.1) is 0 Å². The molecule has 1 aliphatic rings. The van der Waals surface area contributed by atoms with E-state index < -0.39 is 0 Å². The van der Waals surface area contributed by atoms with Crippen molar-refractivity contribution >= 4 is 5.91 Å². The van der Waals surface area contributed by atoms with Gasteiger partial charge in [-0.05, 0) is 42.7 Å². The maximum Gasteiger partial charge on any atom is 0.220 e. The highest BCUT2D eigenvalue weighted by Crippen LogP contribution is 2.27. The third kappa shape index (κ3) is 4.97. The van der Waals surface area contributed by atoms with Crippen molar-refractivity contribution in [3.05, 3.63) is 0 Å². The molecule has 0 spiro atoms. The molecule has 3 unspecified atom stereocenters. The first kappa shape index (κ1) is 15.5. The lowest BCUT2D eigenvalue weighted by Gasteiger charge is -2.30. The molecule has 3 atom stereocenters. The van der Waals surface area contributed by atoms with Crippen molar-refractivity contribution in [2.24, 2.45) is 23.2 Å². The molecule has 1 heterocycles. The van der Waals surface area contributed by atoms with Gasteiger partial charge in [-0.2, -0.15) is 0 Å². The fourth-order valence-electron chi connectivity index (χ4n) is 2.23. The summed E-state index contributed by atoms with van der Waals surface area (Å²) in [5.74, 6) is 1.92. The molecule has 0 aromatic heterocycles. The number of nitrogens with one attached hydrogen (secondary N) is 2. The maximum absolute atomic E-state index is 11.9. The Bertz CT molecular complexity index is 270. The van der Waals surface area contributed by atoms with Crippen LogP contribution in [0.4, 0.5) is 0 Å². The number of amides is 1. The lowest BCUT2D eigenvalue weighted by Crippen LogP contribution is -2.42. The Labute approximate surface area is 112 Å². The van der Waals surface area contributed by atoms with Gasteiger partial charge in [0.15, 0.2) is 0 Å². The van der Waals surface area contributed by atoms with Gasteiger partial charge in [-0.3, -0.25) is 4.79 Å². The summed E-state index contributed by atoms with van der Waals surface area (Å²) in [5, 5.41) is 6.51. The summed E-state index contributed by atoms with van der Waals surface area (Å²) in [6.07, 6.45) is 1.86. The molecule has 1 fully saturated rings. The Balaban J connectivity index is 2.28. The SMILES string of the molecule is CC1CCNCC1CNC(=O)CC(C)C(C)(C)C. The van der Waals surface area contributed by atoms with E-state index in [9.17, 15) is 4.79 Å². The van der Waals surface area contributed by atoms with Crippen LogP contribution in [0.15, 0.2) is 0 Å². The summed E-state index contributed by atoms with van der Waals surface area (Å²) >= 11 is 0. The van der Waals surface area contributed by atoms with Gasteiger partial charge in [-0.1, -0.05) is 34.6 Å². The molecule has 106 valence electrons. The highest BCUT2D eigenvalue weighted by atomic mass is 16.1. The summed E-state index contributed by atoms with van der Waals surface area (Å²) in [4.78, 5) is 11.9. The van der Waals surface area contributed by atoms with E-state index in [2.05, 4.69) is 45.3 Å². The van der Waals surface area contributed by atoms with Gasteiger partial charge in [-0.15, -0.1) is 0 Å². The lowest BCUT2D eigenvalue weighted by atomic mass is 9.80. The quantitative estimate of drug-likeness (QED) is 0.809. The molecule has 1 rings (SSSR count). The van der Waals surface area contributed by atoms with Crippen LogP contribution in [0.1, 0.15) is 47.5 Å². The van der Waals surface area contributed by atoms with Crippen molar-refractivity contribution < 1.29 is 4.79 Å². The zero-order chi connectivity index (χ0) is 13.8. The number of hydrogen-bond donors (Lipinski definition) is 2. The summed E-state index contributed by atoms with van der Waals surface area (Å²) in [6, 6.07) is 0. The molecule has 3 nitrogen and oxygen atoms in total. The zero-order valence-corrected chi connectivity index (χ0v) is 12.7. The van der Waals surface area contributed by atoms with E-state index in [4.69, 9.17) is 0 Å². The second-order valence-corrected chi connectivity index (χ2v) is 7.01. The molecule has 1 amide bonds. The molecule has 0 aromatic carbocycles. The van der Waals surface area contributed by atoms with Gasteiger partial charge in [-0.25, -0.2) is 0 Å². The Kier molecular flexibility index (Phi) is 5.64. The fraction of sp³-hybridized carbons (Fsp3) is 0.933. The third-order valence-corrected chi connectivity index (χ3v) is 4.52. The summed E-state index contributed by atoms with van der Waals surface area (Å²) in [7, 11) is 0. The van der Waals surface area contributed by atoms with E-state index in [1.54, 1.807) is 0 Å². The Morgan fingerprint density at radius 1 is 1.44 bits per heavy atom. The van der Waals surface area contributed by atoms with Crippen LogP contribution in [0, 0.1) is 23.2 Å². The maximum atomic E-state index is 11.9. The first-order valence-corrected chi connectivity index (χ1v) is 7.28. The van der Waals surface area contributed by atoms with Crippen molar-refractivity contribution in [2.45, 2.75) is 47.5 Å². The topological polar surface area (TPSA) is 41.1 Å². The predicted molar refractivity (Wildman–Crippen MR) is 76.4 cm³/mol. The number of carbonyl (C=O) groups excluding carboxylic acids is 1. The van der Waals surface area contributed by atoms with E-state index in [1.807, 2.05) is 0 Å². The number of rotatable bonds is 4. The molecule has 0 aromatic rings. The first-order valence-electron chi connectivity index (χ1n) is 7.28. The Morgan fingerprint density at radius 2 is 2.11 bits per heavy atom. The van der Waals surface area contributed by atoms with Crippen LogP contribution in [0.25, 0.3) is 0 Å². The number of piperidine rings is 1. The highest BCUT2D eigenvalue weighted by molar-refractivity contribution is 5.76. The number of hydrogen-bond acceptors (Lipinski definition) is 2. The largest absolute Gasteiger partial charge is 0.356 e. The van der Waals surface area contributed by atoms with Crippen LogP contribution in [-0.2, 0) is 4.79 Å². The van der Waals surface area contributed by atoms with E-state index in [0.29, 0.717) is 24.2 Å². The molecule has 0 radical (unpaired) electrons.